The summed E-state index contributed by atoms with van der Waals surface area (Å²) in [5.41, 5.74) is -0.900. The molecule has 0 spiro atoms. The van der Waals surface area contributed by atoms with Gasteiger partial charge in [0.25, 0.3) is 0 Å². The molecule has 1 aromatic heterocycles. The lowest BCUT2D eigenvalue weighted by molar-refractivity contribution is 0.0711. The number of hydrogen-bond donors (Lipinski definition) is 3. The fourth-order valence-electron chi connectivity index (χ4n) is 2.51. The zero-order valence-corrected chi connectivity index (χ0v) is 14.0. The molecule has 118 valence electrons. The lowest BCUT2D eigenvalue weighted by Gasteiger charge is -2.20. The van der Waals surface area contributed by atoms with Gasteiger partial charge in [0.2, 0.25) is 0 Å². The van der Waals surface area contributed by atoms with E-state index < -0.39 is 5.60 Å². The van der Waals surface area contributed by atoms with Gasteiger partial charge in [-0.1, -0.05) is 19.4 Å². The van der Waals surface area contributed by atoms with Crippen LogP contribution in [0.1, 0.15) is 44.9 Å². The molecular weight excluding hydrogens is 282 g/mol. The van der Waals surface area contributed by atoms with E-state index in [4.69, 9.17) is 0 Å². The van der Waals surface area contributed by atoms with Gasteiger partial charge in [0.1, 0.15) is 5.60 Å². The van der Waals surface area contributed by atoms with Gasteiger partial charge in [0.15, 0.2) is 5.96 Å². The Kier molecular flexibility index (Phi) is 5.65. The predicted octanol–water partition coefficient (Wildman–Crippen LogP) is 2.70. The number of guanidine groups is 1. The molecule has 21 heavy (non-hydrogen) atoms. The summed E-state index contributed by atoms with van der Waals surface area (Å²) in [6, 6.07) is 4.47. The molecule has 1 aliphatic carbocycles. The van der Waals surface area contributed by atoms with E-state index in [-0.39, 0.29) is 0 Å². The molecule has 0 aromatic carbocycles. The second-order valence-electron chi connectivity index (χ2n) is 5.98. The van der Waals surface area contributed by atoms with E-state index in [0.29, 0.717) is 12.6 Å². The van der Waals surface area contributed by atoms with E-state index in [9.17, 15) is 5.11 Å². The zero-order valence-electron chi connectivity index (χ0n) is 13.2. The molecular formula is C16H27N3OS. The first-order valence-corrected chi connectivity index (χ1v) is 8.76. The Hall–Kier alpha value is -1.07. The number of thiophene rings is 1. The first kappa shape index (κ1) is 16.3. The lowest BCUT2D eigenvalue weighted by atomic mass is 10.1. The highest BCUT2D eigenvalue weighted by molar-refractivity contribution is 7.10. The Morgan fingerprint density at radius 2 is 2.33 bits per heavy atom. The molecule has 3 unspecified atom stereocenters. The van der Waals surface area contributed by atoms with E-state index in [1.54, 1.807) is 11.3 Å². The number of aliphatic hydroxyl groups is 1. The monoisotopic (exact) mass is 309 g/mol. The first-order valence-electron chi connectivity index (χ1n) is 7.88. The molecule has 1 heterocycles. The number of nitrogens with zero attached hydrogens (tertiary/aromatic N) is 1. The van der Waals surface area contributed by atoms with Crippen molar-refractivity contribution in [1.29, 1.82) is 0 Å². The Morgan fingerprint density at radius 1 is 1.52 bits per heavy atom. The summed E-state index contributed by atoms with van der Waals surface area (Å²) in [7, 11) is 0. The van der Waals surface area contributed by atoms with Crippen molar-refractivity contribution in [2.45, 2.75) is 51.7 Å². The van der Waals surface area contributed by atoms with Crippen LogP contribution in [0.5, 0.6) is 0 Å². The van der Waals surface area contributed by atoms with Crippen molar-refractivity contribution in [2.75, 3.05) is 13.1 Å². The molecule has 0 bridgehead atoms. The van der Waals surface area contributed by atoms with Crippen LogP contribution in [0.4, 0.5) is 0 Å². The van der Waals surface area contributed by atoms with Crippen LogP contribution in [0.2, 0.25) is 0 Å². The van der Waals surface area contributed by atoms with Gasteiger partial charge in [-0.15, -0.1) is 11.3 Å². The normalized spacial score (nSPS) is 24.5. The zero-order chi connectivity index (χ0) is 15.3. The summed E-state index contributed by atoms with van der Waals surface area (Å²) >= 11 is 1.57. The molecule has 2 rings (SSSR count). The number of nitrogens with one attached hydrogen (secondary N) is 2. The van der Waals surface area contributed by atoms with Gasteiger partial charge in [-0.2, -0.15) is 0 Å². The van der Waals surface area contributed by atoms with Crippen LogP contribution in [-0.4, -0.2) is 30.2 Å². The van der Waals surface area contributed by atoms with E-state index in [0.717, 1.165) is 23.3 Å². The highest BCUT2D eigenvalue weighted by Crippen LogP contribution is 2.34. The summed E-state index contributed by atoms with van der Waals surface area (Å²) < 4.78 is 0. The minimum Gasteiger partial charge on any atom is -0.383 e. The fourth-order valence-corrected chi connectivity index (χ4v) is 3.29. The summed E-state index contributed by atoms with van der Waals surface area (Å²) in [5, 5.41) is 19.2. The van der Waals surface area contributed by atoms with Crippen molar-refractivity contribution >= 4 is 17.3 Å². The Bertz CT molecular complexity index is 456. The number of aliphatic imine (C=N–C) groups is 1. The Balaban J connectivity index is 1.91. The topological polar surface area (TPSA) is 56.7 Å². The molecule has 0 radical (unpaired) electrons. The largest absolute Gasteiger partial charge is 0.383 e. The maximum atomic E-state index is 10.5. The third kappa shape index (κ3) is 4.71. The van der Waals surface area contributed by atoms with Gasteiger partial charge in [-0.25, -0.2) is 4.99 Å². The lowest BCUT2D eigenvalue weighted by Crippen LogP contribution is -2.40. The fraction of sp³-hybridized carbons (Fsp3) is 0.688. The van der Waals surface area contributed by atoms with Crippen LogP contribution < -0.4 is 10.6 Å². The minimum atomic E-state index is -0.900. The molecule has 4 nitrogen and oxygen atoms in total. The maximum Gasteiger partial charge on any atom is 0.191 e. The van der Waals surface area contributed by atoms with Crippen LogP contribution >= 0.6 is 11.3 Å². The third-order valence-corrected chi connectivity index (χ3v) is 4.97. The minimum absolute atomic E-state index is 0.369. The van der Waals surface area contributed by atoms with Crippen molar-refractivity contribution in [1.82, 2.24) is 10.6 Å². The third-order valence-electron chi connectivity index (χ3n) is 3.85. The molecule has 0 aliphatic heterocycles. The standard InChI is InChI=1S/C16H27N3OS/c1-4-7-12-10-13(12)19-15(17-5-2)18-11-16(3,20)14-8-6-9-21-14/h6,8-9,12-13,20H,4-5,7,10-11H2,1-3H3,(H2,17,18,19). The van der Waals surface area contributed by atoms with Gasteiger partial charge < -0.3 is 15.7 Å². The van der Waals surface area contributed by atoms with E-state index in [1.165, 1.54) is 19.3 Å². The van der Waals surface area contributed by atoms with Crippen LogP contribution in [0.15, 0.2) is 22.5 Å². The molecule has 1 aliphatic rings. The SMILES string of the molecule is CCCC1CC1NC(=NCC(C)(O)c1cccs1)NCC. The first-order chi connectivity index (χ1) is 10.1. The Morgan fingerprint density at radius 3 is 2.95 bits per heavy atom. The van der Waals surface area contributed by atoms with Crippen LogP contribution in [-0.2, 0) is 5.60 Å². The highest BCUT2D eigenvalue weighted by atomic mass is 32.1. The predicted molar refractivity (Wildman–Crippen MR) is 89.8 cm³/mol. The van der Waals surface area contributed by atoms with Crippen molar-refractivity contribution in [3.63, 3.8) is 0 Å². The maximum absolute atomic E-state index is 10.5. The second kappa shape index (κ2) is 7.27. The van der Waals surface area contributed by atoms with E-state index >= 15 is 0 Å². The van der Waals surface area contributed by atoms with E-state index in [2.05, 4.69) is 29.5 Å². The van der Waals surface area contributed by atoms with Crippen molar-refractivity contribution in [3.05, 3.63) is 22.4 Å². The van der Waals surface area contributed by atoms with Gasteiger partial charge in [-0.05, 0) is 44.1 Å². The quantitative estimate of drug-likeness (QED) is 0.536. The molecule has 3 N–H and O–H groups in total. The van der Waals surface area contributed by atoms with Crippen LogP contribution in [0.3, 0.4) is 0 Å². The van der Waals surface area contributed by atoms with Crippen molar-refractivity contribution < 1.29 is 5.11 Å². The second-order valence-corrected chi connectivity index (χ2v) is 6.93. The van der Waals surface area contributed by atoms with Gasteiger partial charge >= 0.3 is 0 Å². The summed E-state index contributed by atoms with van der Waals surface area (Å²) in [6.45, 7) is 7.31. The van der Waals surface area contributed by atoms with Gasteiger partial charge in [0, 0.05) is 17.5 Å². The number of rotatable bonds is 7. The van der Waals surface area contributed by atoms with Gasteiger partial charge in [0.05, 0.1) is 6.54 Å². The highest BCUT2D eigenvalue weighted by Gasteiger charge is 2.36. The summed E-state index contributed by atoms with van der Waals surface area (Å²) in [4.78, 5) is 5.52. The van der Waals surface area contributed by atoms with E-state index in [1.807, 2.05) is 24.4 Å². The molecule has 0 saturated heterocycles. The molecule has 5 heteroatoms. The number of hydrogen-bond acceptors (Lipinski definition) is 3. The smallest absolute Gasteiger partial charge is 0.191 e. The molecule has 1 aromatic rings. The molecule has 1 fully saturated rings. The average Bonchev–Trinajstić information content (AvgIpc) is 2.94. The summed E-state index contributed by atoms with van der Waals surface area (Å²) in [5.74, 6) is 1.61. The molecule has 3 atom stereocenters. The van der Waals surface area contributed by atoms with Crippen LogP contribution in [0, 0.1) is 5.92 Å². The summed E-state index contributed by atoms with van der Waals surface area (Å²) in [6.07, 6.45) is 3.76. The molecule has 1 saturated carbocycles. The van der Waals surface area contributed by atoms with Gasteiger partial charge in [-0.3, -0.25) is 0 Å². The van der Waals surface area contributed by atoms with Crippen LogP contribution in [0.25, 0.3) is 0 Å². The Labute approximate surface area is 131 Å². The molecule has 0 amide bonds. The average molecular weight is 309 g/mol. The van der Waals surface area contributed by atoms with Crippen molar-refractivity contribution in [2.24, 2.45) is 10.9 Å². The van der Waals surface area contributed by atoms with Crippen molar-refractivity contribution in [3.8, 4) is 0 Å².